The SMILES string of the molecule is C[C@@H]1CN([C@H](C)CNC(=O)[C@]2(C)CC2(Cl)Cl)C[C@@H](C)O1. The summed E-state index contributed by atoms with van der Waals surface area (Å²) >= 11 is 12.0. The molecule has 4 nitrogen and oxygen atoms in total. The number of halogens is 2. The molecule has 0 aromatic carbocycles. The average molecular weight is 323 g/mol. The molecular formula is C14H24Cl2N2O2. The molecule has 1 heterocycles. The van der Waals surface area contributed by atoms with Crippen molar-refractivity contribution >= 4 is 29.1 Å². The van der Waals surface area contributed by atoms with Crippen molar-refractivity contribution in [1.29, 1.82) is 0 Å². The molecule has 4 atom stereocenters. The van der Waals surface area contributed by atoms with Crippen LogP contribution >= 0.6 is 23.2 Å². The Bertz CT molecular complexity index is 381. The summed E-state index contributed by atoms with van der Waals surface area (Å²) in [6.07, 6.45) is 0.988. The molecule has 2 rings (SSSR count). The largest absolute Gasteiger partial charge is 0.373 e. The molecule has 1 aliphatic heterocycles. The summed E-state index contributed by atoms with van der Waals surface area (Å²) in [7, 11) is 0. The lowest BCUT2D eigenvalue weighted by molar-refractivity contribution is -0.126. The zero-order chi connectivity index (χ0) is 15.1. The van der Waals surface area contributed by atoms with E-state index >= 15 is 0 Å². The Labute approximate surface area is 131 Å². The molecule has 2 aliphatic rings. The number of alkyl halides is 2. The number of carbonyl (C=O) groups excluding carboxylic acids is 1. The van der Waals surface area contributed by atoms with E-state index in [1.807, 2.05) is 6.92 Å². The molecule has 0 radical (unpaired) electrons. The van der Waals surface area contributed by atoms with Gasteiger partial charge in [0.1, 0.15) is 4.33 Å². The minimum atomic E-state index is -0.900. The monoisotopic (exact) mass is 322 g/mol. The lowest BCUT2D eigenvalue weighted by Crippen LogP contribution is -2.52. The van der Waals surface area contributed by atoms with Crippen molar-refractivity contribution in [2.24, 2.45) is 5.41 Å². The number of hydrogen-bond donors (Lipinski definition) is 1. The van der Waals surface area contributed by atoms with Gasteiger partial charge in [0.15, 0.2) is 0 Å². The van der Waals surface area contributed by atoms with E-state index in [0.29, 0.717) is 13.0 Å². The predicted octanol–water partition coefficient (Wildman–Crippen LogP) is 2.18. The Morgan fingerprint density at radius 3 is 2.35 bits per heavy atom. The molecule has 0 bridgehead atoms. The molecule has 0 aromatic heterocycles. The third-order valence-electron chi connectivity index (χ3n) is 4.39. The van der Waals surface area contributed by atoms with Gasteiger partial charge in [-0.05, 0) is 34.1 Å². The number of amides is 1. The van der Waals surface area contributed by atoms with Crippen molar-refractivity contribution in [3.05, 3.63) is 0 Å². The quantitative estimate of drug-likeness (QED) is 0.807. The van der Waals surface area contributed by atoms with Gasteiger partial charge in [0.2, 0.25) is 5.91 Å². The van der Waals surface area contributed by atoms with Crippen LogP contribution in [0.4, 0.5) is 0 Å². The molecule has 1 N–H and O–H groups in total. The number of ether oxygens (including phenoxy) is 1. The highest BCUT2D eigenvalue weighted by atomic mass is 35.5. The van der Waals surface area contributed by atoms with Crippen LogP contribution in [0.2, 0.25) is 0 Å². The maximum absolute atomic E-state index is 12.1. The van der Waals surface area contributed by atoms with Crippen molar-refractivity contribution in [3.8, 4) is 0 Å². The van der Waals surface area contributed by atoms with Crippen LogP contribution in [-0.4, -0.2) is 53.0 Å². The zero-order valence-corrected chi connectivity index (χ0v) is 14.1. The van der Waals surface area contributed by atoms with E-state index in [-0.39, 0.29) is 24.2 Å². The highest BCUT2D eigenvalue weighted by Gasteiger charge is 2.67. The minimum Gasteiger partial charge on any atom is -0.373 e. The second kappa shape index (κ2) is 5.64. The fourth-order valence-electron chi connectivity index (χ4n) is 2.79. The highest BCUT2D eigenvalue weighted by Crippen LogP contribution is 2.63. The summed E-state index contributed by atoms with van der Waals surface area (Å²) in [5.41, 5.74) is -0.637. The highest BCUT2D eigenvalue weighted by molar-refractivity contribution is 6.53. The number of morpholine rings is 1. The Hall–Kier alpha value is -0.0300. The molecule has 116 valence electrons. The fraction of sp³-hybridized carbons (Fsp3) is 0.929. The van der Waals surface area contributed by atoms with Gasteiger partial charge in [-0.1, -0.05) is 0 Å². The Balaban J connectivity index is 1.81. The van der Waals surface area contributed by atoms with E-state index in [9.17, 15) is 4.79 Å². The minimum absolute atomic E-state index is 0.0521. The maximum atomic E-state index is 12.1. The molecule has 1 saturated carbocycles. The summed E-state index contributed by atoms with van der Waals surface area (Å²) in [4.78, 5) is 14.5. The summed E-state index contributed by atoms with van der Waals surface area (Å²) < 4.78 is 4.82. The zero-order valence-electron chi connectivity index (χ0n) is 12.6. The molecule has 0 unspecified atom stereocenters. The van der Waals surface area contributed by atoms with E-state index in [0.717, 1.165) is 13.1 Å². The molecule has 20 heavy (non-hydrogen) atoms. The lowest BCUT2D eigenvalue weighted by atomic mass is 10.1. The van der Waals surface area contributed by atoms with E-state index in [1.165, 1.54) is 0 Å². The Morgan fingerprint density at radius 2 is 1.90 bits per heavy atom. The molecular weight excluding hydrogens is 299 g/mol. The van der Waals surface area contributed by atoms with Gasteiger partial charge in [0.05, 0.1) is 17.6 Å². The fourth-order valence-corrected chi connectivity index (χ4v) is 3.49. The van der Waals surface area contributed by atoms with E-state index in [2.05, 4.69) is 31.0 Å². The first-order valence-electron chi connectivity index (χ1n) is 7.21. The van der Waals surface area contributed by atoms with Crippen LogP contribution in [0.15, 0.2) is 0 Å². The first-order valence-corrected chi connectivity index (χ1v) is 7.97. The third-order valence-corrected chi connectivity index (χ3v) is 5.49. The van der Waals surface area contributed by atoms with Crippen LogP contribution in [0.5, 0.6) is 0 Å². The van der Waals surface area contributed by atoms with Crippen LogP contribution in [0.3, 0.4) is 0 Å². The van der Waals surface area contributed by atoms with Gasteiger partial charge in [0, 0.05) is 25.7 Å². The van der Waals surface area contributed by atoms with Crippen molar-refractivity contribution in [2.75, 3.05) is 19.6 Å². The van der Waals surface area contributed by atoms with Crippen LogP contribution in [0.25, 0.3) is 0 Å². The topological polar surface area (TPSA) is 41.6 Å². The number of rotatable bonds is 4. The number of hydrogen-bond acceptors (Lipinski definition) is 3. The average Bonchev–Trinajstić information content (AvgIpc) is 2.85. The first-order chi connectivity index (χ1) is 9.15. The van der Waals surface area contributed by atoms with Gasteiger partial charge in [-0.25, -0.2) is 0 Å². The van der Waals surface area contributed by atoms with Crippen molar-refractivity contribution in [2.45, 2.75) is 56.7 Å². The van der Waals surface area contributed by atoms with E-state index in [4.69, 9.17) is 27.9 Å². The number of nitrogens with one attached hydrogen (secondary N) is 1. The van der Waals surface area contributed by atoms with Gasteiger partial charge in [-0.3, -0.25) is 9.69 Å². The van der Waals surface area contributed by atoms with Gasteiger partial charge >= 0.3 is 0 Å². The van der Waals surface area contributed by atoms with E-state index in [1.54, 1.807) is 0 Å². The normalized spacial score (nSPS) is 38.3. The van der Waals surface area contributed by atoms with Gasteiger partial charge < -0.3 is 10.1 Å². The van der Waals surface area contributed by atoms with Crippen LogP contribution < -0.4 is 5.32 Å². The van der Waals surface area contributed by atoms with Crippen molar-refractivity contribution in [1.82, 2.24) is 10.2 Å². The summed E-state index contributed by atoms with van der Waals surface area (Å²) in [6, 6.07) is 0.273. The summed E-state index contributed by atoms with van der Waals surface area (Å²) in [5.74, 6) is -0.0521. The first kappa shape index (κ1) is 16.3. The standard InChI is InChI=1S/C14H24Cl2N2O2/c1-9(18-6-10(2)20-11(3)7-18)5-17-12(19)13(4)8-14(13,15)16/h9-11H,5-8H2,1-4H3,(H,17,19)/t9-,10-,11-,13+/m1/s1. The maximum Gasteiger partial charge on any atom is 0.229 e. The number of carbonyl (C=O) groups is 1. The molecule has 1 aliphatic carbocycles. The smallest absolute Gasteiger partial charge is 0.229 e. The molecule has 2 fully saturated rings. The summed E-state index contributed by atoms with van der Waals surface area (Å²) in [6.45, 7) is 10.5. The van der Waals surface area contributed by atoms with Crippen LogP contribution in [-0.2, 0) is 9.53 Å². The van der Waals surface area contributed by atoms with E-state index < -0.39 is 9.75 Å². The van der Waals surface area contributed by atoms with Gasteiger partial charge in [-0.2, -0.15) is 0 Å². The van der Waals surface area contributed by atoms with Gasteiger partial charge in [-0.15, -0.1) is 23.2 Å². The van der Waals surface area contributed by atoms with Gasteiger partial charge in [0.25, 0.3) is 0 Å². The number of nitrogens with zero attached hydrogens (tertiary/aromatic N) is 1. The van der Waals surface area contributed by atoms with Crippen LogP contribution in [0.1, 0.15) is 34.1 Å². The predicted molar refractivity (Wildman–Crippen MR) is 81.2 cm³/mol. The lowest BCUT2D eigenvalue weighted by Gasteiger charge is -2.39. The van der Waals surface area contributed by atoms with Crippen molar-refractivity contribution < 1.29 is 9.53 Å². The van der Waals surface area contributed by atoms with Crippen LogP contribution in [0, 0.1) is 5.41 Å². The Kier molecular flexibility index (Phi) is 4.60. The molecule has 6 heteroatoms. The third kappa shape index (κ3) is 3.24. The molecule has 0 aromatic rings. The second-order valence-corrected chi connectivity index (χ2v) is 7.97. The molecule has 1 amide bonds. The molecule has 1 saturated heterocycles. The second-order valence-electron chi connectivity index (χ2n) is 6.48. The summed E-state index contributed by atoms with van der Waals surface area (Å²) in [5, 5.41) is 2.98. The molecule has 0 spiro atoms. The van der Waals surface area contributed by atoms with Crippen molar-refractivity contribution in [3.63, 3.8) is 0 Å². The Morgan fingerprint density at radius 1 is 1.40 bits per heavy atom.